The summed E-state index contributed by atoms with van der Waals surface area (Å²) >= 11 is 0. The van der Waals surface area contributed by atoms with Crippen LogP contribution in [0, 0.1) is 0 Å². The third-order valence-electron chi connectivity index (χ3n) is 2.27. The Labute approximate surface area is 108 Å². The molecule has 1 aromatic rings. The fourth-order valence-electron chi connectivity index (χ4n) is 1.27. The summed E-state index contributed by atoms with van der Waals surface area (Å²) in [5, 5.41) is 15.8. The van der Waals surface area contributed by atoms with Gasteiger partial charge in [-0.2, -0.15) is 0 Å². The number of amides is 3. The largest absolute Gasteiger partial charge is 0.480 e. The molecule has 0 saturated carbocycles. The van der Waals surface area contributed by atoms with E-state index in [-0.39, 0.29) is 18.9 Å². The average Bonchev–Trinajstić information content (AvgIpc) is 2.87. The standard InChI is InChI=1S/C10H15N5O4/c1-11-8(16)4-13-10(19)15-7(9(17)18)2-6-3-12-5-14-6/h3,5,7H,2,4H2,1H3,(H,11,16)(H,12,14)(H,17,18)(H2,13,15,19). The molecule has 0 aliphatic carbocycles. The van der Waals surface area contributed by atoms with Crippen LogP contribution < -0.4 is 16.0 Å². The predicted molar refractivity (Wildman–Crippen MR) is 64.3 cm³/mol. The van der Waals surface area contributed by atoms with Crippen molar-refractivity contribution in [2.75, 3.05) is 13.6 Å². The number of carbonyl (C=O) groups is 3. The van der Waals surface area contributed by atoms with Crippen molar-refractivity contribution in [2.45, 2.75) is 12.5 Å². The van der Waals surface area contributed by atoms with Gasteiger partial charge in [-0.3, -0.25) is 4.79 Å². The molecule has 9 heteroatoms. The fourth-order valence-corrected chi connectivity index (χ4v) is 1.27. The van der Waals surface area contributed by atoms with Crippen molar-refractivity contribution in [3.05, 3.63) is 18.2 Å². The van der Waals surface area contributed by atoms with Gasteiger partial charge in [-0.05, 0) is 0 Å². The molecule has 0 spiro atoms. The van der Waals surface area contributed by atoms with Gasteiger partial charge in [-0.1, -0.05) is 0 Å². The molecule has 1 heterocycles. The summed E-state index contributed by atoms with van der Waals surface area (Å²) < 4.78 is 0. The first kappa shape index (κ1) is 14.5. The Balaban J connectivity index is 2.47. The van der Waals surface area contributed by atoms with E-state index < -0.39 is 18.0 Å². The molecular weight excluding hydrogens is 254 g/mol. The summed E-state index contributed by atoms with van der Waals surface area (Å²) in [6.45, 7) is -0.223. The number of H-pyrrole nitrogens is 1. The fraction of sp³-hybridized carbons (Fsp3) is 0.400. The molecule has 1 unspecified atom stereocenters. The number of imidazole rings is 1. The van der Waals surface area contributed by atoms with E-state index in [1.807, 2.05) is 0 Å². The van der Waals surface area contributed by atoms with Crippen LogP contribution >= 0.6 is 0 Å². The van der Waals surface area contributed by atoms with Crippen molar-refractivity contribution in [3.8, 4) is 0 Å². The summed E-state index contributed by atoms with van der Waals surface area (Å²) in [4.78, 5) is 39.8. The van der Waals surface area contributed by atoms with Gasteiger partial charge >= 0.3 is 12.0 Å². The van der Waals surface area contributed by atoms with Crippen LogP contribution in [0.3, 0.4) is 0 Å². The second-order valence-electron chi connectivity index (χ2n) is 3.67. The molecule has 0 aliphatic rings. The Kier molecular flexibility index (Phi) is 5.33. The number of nitrogens with zero attached hydrogens (tertiary/aromatic N) is 1. The quantitative estimate of drug-likeness (QED) is 0.426. The molecule has 5 N–H and O–H groups in total. The number of aromatic amines is 1. The highest BCUT2D eigenvalue weighted by Gasteiger charge is 2.21. The zero-order chi connectivity index (χ0) is 14.3. The predicted octanol–water partition coefficient (Wildman–Crippen LogP) is -1.55. The number of nitrogens with one attached hydrogen (secondary N) is 4. The molecule has 9 nitrogen and oxygen atoms in total. The maximum Gasteiger partial charge on any atom is 0.326 e. The Morgan fingerprint density at radius 3 is 2.74 bits per heavy atom. The van der Waals surface area contributed by atoms with Crippen LogP contribution in [0.2, 0.25) is 0 Å². The van der Waals surface area contributed by atoms with Crippen molar-refractivity contribution >= 4 is 17.9 Å². The molecule has 0 bridgehead atoms. The molecule has 0 saturated heterocycles. The van der Waals surface area contributed by atoms with Crippen molar-refractivity contribution in [3.63, 3.8) is 0 Å². The van der Waals surface area contributed by atoms with Crippen LogP contribution in [-0.2, 0) is 16.0 Å². The highest BCUT2D eigenvalue weighted by atomic mass is 16.4. The maximum absolute atomic E-state index is 11.4. The molecule has 3 amide bonds. The van der Waals surface area contributed by atoms with Gasteiger partial charge in [0.25, 0.3) is 0 Å². The molecule has 104 valence electrons. The zero-order valence-electron chi connectivity index (χ0n) is 10.3. The molecule has 1 aromatic heterocycles. The number of hydrogen-bond donors (Lipinski definition) is 5. The third-order valence-corrected chi connectivity index (χ3v) is 2.27. The van der Waals surface area contributed by atoms with Crippen LogP contribution in [0.1, 0.15) is 5.69 Å². The van der Waals surface area contributed by atoms with E-state index in [1.165, 1.54) is 19.6 Å². The van der Waals surface area contributed by atoms with Crippen LogP contribution in [0.15, 0.2) is 12.5 Å². The molecular formula is C10H15N5O4. The number of aromatic nitrogens is 2. The first-order valence-electron chi connectivity index (χ1n) is 5.48. The lowest BCUT2D eigenvalue weighted by molar-refractivity contribution is -0.139. The number of likely N-dealkylation sites (N-methyl/N-ethyl adjacent to an activating group) is 1. The van der Waals surface area contributed by atoms with Crippen LogP contribution in [0.5, 0.6) is 0 Å². The number of hydrogen-bond acceptors (Lipinski definition) is 4. The van der Waals surface area contributed by atoms with Crippen molar-refractivity contribution < 1.29 is 19.5 Å². The molecule has 0 aromatic carbocycles. The summed E-state index contributed by atoms with van der Waals surface area (Å²) in [7, 11) is 1.43. The maximum atomic E-state index is 11.4. The van der Waals surface area contributed by atoms with Crippen molar-refractivity contribution in [1.82, 2.24) is 25.9 Å². The van der Waals surface area contributed by atoms with E-state index in [0.717, 1.165) is 0 Å². The van der Waals surface area contributed by atoms with E-state index in [1.54, 1.807) is 0 Å². The minimum absolute atomic E-state index is 0.0722. The van der Waals surface area contributed by atoms with Crippen LogP contribution in [0.25, 0.3) is 0 Å². The zero-order valence-corrected chi connectivity index (χ0v) is 10.3. The lowest BCUT2D eigenvalue weighted by Gasteiger charge is -2.14. The van der Waals surface area contributed by atoms with Gasteiger partial charge in [0, 0.05) is 25.4 Å². The highest BCUT2D eigenvalue weighted by Crippen LogP contribution is 1.98. The summed E-state index contributed by atoms with van der Waals surface area (Å²) in [5.74, 6) is -1.56. The SMILES string of the molecule is CNC(=O)CNC(=O)NC(Cc1cnc[nH]1)C(=O)O. The van der Waals surface area contributed by atoms with Gasteiger partial charge in [0.2, 0.25) is 5.91 Å². The Bertz CT molecular complexity index is 445. The van der Waals surface area contributed by atoms with Gasteiger partial charge < -0.3 is 26.0 Å². The minimum Gasteiger partial charge on any atom is -0.480 e. The number of carbonyl (C=O) groups excluding carboxylic acids is 2. The highest BCUT2D eigenvalue weighted by molar-refractivity contribution is 5.86. The number of carboxylic acids is 1. The average molecular weight is 269 g/mol. The monoisotopic (exact) mass is 269 g/mol. The summed E-state index contributed by atoms with van der Waals surface area (Å²) in [5.41, 5.74) is 0.582. The van der Waals surface area contributed by atoms with Crippen LogP contribution in [0.4, 0.5) is 4.79 Å². The number of aliphatic carboxylic acids is 1. The second kappa shape index (κ2) is 6.99. The first-order chi connectivity index (χ1) is 9.02. The summed E-state index contributed by atoms with van der Waals surface area (Å²) in [6.07, 6.45) is 2.96. The second-order valence-corrected chi connectivity index (χ2v) is 3.67. The number of carboxylic acid groups (broad SMARTS) is 1. The molecule has 0 radical (unpaired) electrons. The van der Waals surface area contributed by atoms with E-state index in [0.29, 0.717) is 5.69 Å². The van der Waals surface area contributed by atoms with E-state index in [2.05, 4.69) is 25.9 Å². The van der Waals surface area contributed by atoms with Crippen molar-refractivity contribution in [2.24, 2.45) is 0 Å². The Morgan fingerprint density at radius 1 is 1.47 bits per heavy atom. The molecule has 19 heavy (non-hydrogen) atoms. The molecule has 0 fully saturated rings. The van der Waals surface area contributed by atoms with E-state index in [9.17, 15) is 14.4 Å². The summed E-state index contributed by atoms with van der Waals surface area (Å²) in [6, 6.07) is -1.83. The van der Waals surface area contributed by atoms with Gasteiger partial charge in [0.05, 0.1) is 12.9 Å². The molecule has 0 aliphatic heterocycles. The minimum atomic E-state index is -1.18. The normalized spacial score (nSPS) is 11.4. The van der Waals surface area contributed by atoms with E-state index >= 15 is 0 Å². The van der Waals surface area contributed by atoms with Gasteiger partial charge in [-0.25, -0.2) is 14.6 Å². The van der Waals surface area contributed by atoms with Gasteiger partial charge in [0.15, 0.2) is 0 Å². The van der Waals surface area contributed by atoms with Gasteiger partial charge in [0.1, 0.15) is 6.04 Å². The first-order valence-corrected chi connectivity index (χ1v) is 5.48. The molecule has 1 rings (SSSR count). The van der Waals surface area contributed by atoms with E-state index in [4.69, 9.17) is 5.11 Å². The van der Waals surface area contributed by atoms with Gasteiger partial charge in [-0.15, -0.1) is 0 Å². The topological polar surface area (TPSA) is 136 Å². The lowest BCUT2D eigenvalue weighted by atomic mass is 10.2. The smallest absolute Gasteiger partial charge is 0.326 e. The number of rotatable bonds is 6. The third kappa shape index (κ3) is 5.06. The molecule has 1 atom stereocenters. The van der Waals surface area contributed by atoms with Crippen LogP contribution in [-0.4, -0.2) is 52.6 Å². The van der Waals surface area contributed by atoms with Crippen molar-refractivity contribution in [1.29, 1.82) is 0 Å². The Hall–Kier alpha value is -2.58. The Morgan fingerprint density at radius 2 is 2.21 bits per heavy atom. The lowest BCUT2D eigenvalue weighted by Crippen LogP contribution is -2.49. The number of urea groups is 1.